The van der Waals surface area contributed by atoms with Crippen LogP contribution in [-0.2, 0) is 6.42 Å². The van der Waals surface area contributed by atoms with Gasteiger partial charge in [0.05, 0.1) is 23.0 Å². The van der Waals surface area contributed by atoms with Crippen molar-refractivity contribution < 1.29 is 0 Å². The molecule has 1 aliphatic heterocycles. The van der Waals surface area contributed by atoms with E-state index in [1.807, 2.05) is 49.4 Å². The van der Waals surface area contributed by atoms with Gasteiger partial charge >= 0.3 is 0 Å². The van der Waals surface area contributed by atoms with Crippen LogP contribution in [0.2, 0.25) is 0 Å². The summed E-state index contributed by atoms with van der Waals surface area (Å²) in [6.07, 6.45) is 0.727. The Balaban J connectivity index is 1.86. The fourth-order valence-electron chi connectivity index (χ4n) is 3.36. The van der Waals surface area contributed by atoms with E-state index in [1.54, 1.807) is 4.68 Å². The van der Waals surface area contributed by atoms with Crippen LogP contribution in [0.5, 0.6) is 0 Å². The lowest BCUT2D eigenvalue weighted by atomic mass is 10.1. The summed E-state index contributed by atoms with van der Waals surface area (Å²) in [5.41, 5.74) is 2.04. The average Bonchev–Trinajstić information content (AvgIpc) is 3.26. The quantitative estimate of drug-likeness (QED) is 0.698. The zero-order valence-corrected chi connectivity index (χ0v) is 13.3. The highest BCUT2D eigenvalue weighted by Crippen LogP contribution is 2.40. The monoisotopic (exact) mass is 305 g/mol. The number of hydrogen-bond donors (Lipinski definition) is 0. The largest absolute Gasteiger partial charge is 0.294 e. The molecule has 1 fully saturated rings. The van der Waals surface area contributed by atoms with Gasteiger partial charge < -0.3 is 0 Å². The van der Waals surface area contributed by atoms with Gasteiger partial charge in [0.1, 0.15) is 5.82 Å². The summed E-state index contributed by atoms with van der Waals surface area (Å²) < 4.78 is 1.78. The molecule has 4 heteroatoms. The van der Waals surface area contributed by atoms with E-state index in [0.29, 0.717) is 11.4 Å². The molecule has 1 aromatic heterocycles. The van der Waals surface area contributed by atoms with Gasteiger partial charge in [0.2, 0.25) is 0 Å². The van der Waals surface area contributed by atoms with E-state index in [0.717, 1.165) is 17.8 Å². The highest BCUT2D eigenvalue weighted by Gasteiger charge is 2.47. The molecule has 0 spiro atoms. The molecule has 23 heavy (non-hydrogen) atoms. The molecule has 0 radical (unpaired) electrons. The SMILES string of the molecule is CCc1nc2ccccc2c(=O)n1N1[C@@H](C)[C@@H]1c1ccccc1. The lowest BCUT2D eigenvalue weighted by Gasteiger charge is -2.15. The van der Waals surface area contributed by atoms with E-state index in [-0.39, 0.29) is 11.6 Å². The Kier molecular flexibility index (Phi) is 3.18. The fraction of sp³-hybridized carbons (Fsp3) is 0.263. The molecule has 0 aliphatic carbocycles. The van der Waals surface area contributed by atoms with Crippen LogP contribution in [0.15, 0.2) is 59.4 Å². The maximum absolute atomic E-state index is 13.0. The fourth-order valence-corrected chi connectivity index (χ4v) is 3.36. The topological polar surface area (TPSA) is 37.9 Å². The number of aryl methyl sites for hydroxylation is 1. The molecule has 2 heterocycles. The minimum atomic E-state index is 0.0257. The van der Waals surface area contributed by atoms with Gasteiger partial charge in [-0.3, -0.25) is 9.80 Å². The van der Waals surface area contributed by atoms with Crippen LogP contribution in [0.1, 0.15) is 31.3 Å². The highest BCUT2D eigenvalue weighted by molar-refractivity contribution is 5.77. The van der Waals surface area contributed by atoms with Gasteiger partial charge in [-0.2, -0.15) is 0 Å². The Labute approximate surface area is 135 Å². The second kappa shape index (κ2) is 5.23. The van der Waals surface area contributed by atoms with E-state index < -0.39 is 0 Å². The molecule has 2 aromatic carbocycles. The van der Waals surface area contributed by atoms with Crippen LogP contribution in [0, 0.1) is 0 Å². The first-order chi connectivity index (χ1) is 11.2. The lowest BCUT2D eigenvalue weighted by molar-refractivity contribution is 0.679. The first-order valence-corrected chi connectivity index (χ1v) is 8.06. The van der Waals surface area contributed by atoms with Crippen molar-refractivity contribution in [1.29, 1.82) is 0 Å². The van der Waals surface area contributed by atoms with Crippen molar-refractivity contribution in [2.45, 2.75) is 32.4 Å². The van der Waals surface area contributed by atoms with Gasteiger partial charge in [0, 0.05) is 6.42 Å². The maximum atomic E-state index is 13.0. The average molecular weight is 305 g/mol. The lowest BCUT2D eigenvalue weighted by Crippen LogP contribution is -2.33. The molecular formula is C19H19N3O. The standard InChI is InChI=1S/C19H19N3O/c1-3-17-20-16-12-8-7-11-15(16)19(23)22(17)21-13(2)18(21)14-9-5-4-6-10-14/h4-13,18H,3H2,1-2H3/t13-,18+,21?/m0/s1. The number of nitrogens with zero attached hydrogens (tertiary/aromatic N) is 3. The first kappa shape index (κ1) is 14.0. The second-order valence-electron chi connectivity index (χ2n) is 5.99. The smallest absolute Gasteiger partial charge is 0.280 e. The van der Waals surface area contributed by atoms with Gasteiger partial charge in [-0.15, -0.1) is 0 Å². The first-order valence-electron chi connectivity index (χ1n) is 8.06. The number of hydrogen-bond acceptors (Lipinski definition) is 3. The summed E-state index contributed by atoms with van der Waals surface area (Å²) in [5.74, 6) is 0.819. The van der Waals surface area contributed by atoms with Crippen molar-refractivity contribution in [3.8, 4) is 0 Å². The van der Waals surface area contributed by atoms with Crippen molar-refractivity contribution in [1.82, 2.24) is 9.66 Å². The minimum Gasteiger partial charge on any atom is -0.294 e. The van der Waals surface area contributed by atoms with E-state index in [2.05, 4.69) is 24.1 Å². The summed E-state index contributed by atoms with van der Waals surface area (Å²) in [6, 6.07) is 18.4. The molecule has 4 nitrogen and oxygen atoms in total. The van der Waals surface area contributed by atoms with Gasteiger partial charge in [0.15, 0.2) is 0 Å². The van der Waals surface area contributed by atoms with E-state index in [9.17, 15) is 4.79 Å². The van der Waals surface area contributed by atoms with Crippen molar-refractivity contribution in [2.24, 2.45) is 0 Å². The van der Waals surface area contributed by atoms with E-state index in [4.69, 9.17) is 4.98 Å². The molecule has 2 atom stereocenters. The molecule has 3 aromatic rings. The highest BCUT2D eigenvalue weighted by atomic mass is 16.1. The summed E-state index contributed by atoms with van der Waals surface area (Å²) >= 11 is 0. The van der Waals surface area contributed by atoms with Crippen LogP contribution in [0.25, 0.3) is 10.9 Å². The molecule has 0 N–H and O–H groups in total. The summed E-state index contributed by atoms with van der Waals surface area (Å²) in [4.78, 5) is 17.7. The predicted molar refractivity (Wildman–Crippen MR) is 92.2 cm³/mol. The van der Waals surface area contributed by atoms with Gasteiger partial charge in [-0.25, -0.2) is 9.66 Å². The minimum absolute atomic E-state index is 0.0257. The molecule has 1 saturated heterocycles. The zero-order chi connectivity index (χ0) is 16.0. The number of rotatable bonds is 3. The van der Waals surface area contributed by atoms with Crippen LogP contribution in [0.4, 0.5) is 0 Å². The Morgan fingerprint density at radius 3 is 2.48 bits per heavy atom. The van der Waals surface area contributed by atoms with Crippen molar-refractivity contribution in [3.05, 3.63) is 76.3 Å². The molecular weight excluding hydrogens is 286 g/mol. The summed E-state index contributed by atoms with van der Waals surface area (Å²) in [6.45, 7) is 4.19. The number of para-hydroxylation sites is 1. The van der Waals surface area contributed by atoms with Crippen LogP contribution >= 0.6 is 0 Å². The third-order valence-corrected chi connectivity index (χ3v) is 4.58. The predicted octanol–water partition coefficient (Wildman–Crippen LogP) is 3.04. The van der Waals surface area contributed by atoms with Crippen molar-refractivity contribution >= 4 is 10.9 Å². The van der Waals surface area contributed by atoms with E-state index >= 15 is 0 Å². The third kappa shape index (κ3) is 2.13. The van der Waals surface area contributed by atoms with Crippen LogP contribution in [-0.4, -0.2) is 15.7 Å². The zero-order valence-electron chi connectivity index (χ0n) is 13.3. The number of aromatic nitrogens is 2. The van der Waals surface area contributed by atoms with Gasteiger partial charge in [-0.1, -0.05) is 49.4 Å². The molecule has 1 aliphatic rings. The van der Waals surface area contributed by atoms with Gasteiger partial charge in [-0.05, 0) is 24.6 Å². The normalized spacial score (nSPS) is 20.0. The number of fused-ring (bicyclic) bond motifs is 1. The van der Waals surface area contributed by atoms with Crippen LogP contribution in [0.3, 0.4) is 0 Å². The Morgan fingerprint density at radius 2 is 1.74 bits per heavy atom. The summed E-state index contributed by atoms with van der Waals surface area (Å²) in [5, 5.41) is 2.81. The maximum Gasteiger partial charge on any atom is 0.280 e. The van der Waals surface area contributed by atoms with E-state index in [1.165, 1.54) is 5.56 Å². The third-order valence-electron chi connectivity index (χ3n) is 4.58. The second-order valence-corrected chi connectivity index (χ2v) is 5.99. The molecule has 0 amide bonds. The Bertz CT molecular complexity index is 917. The van der Waals surface area contributed by atoms with Gasteiger partial charge in [0.25, 0.3) is 5.56 Å². The molecule has 0 saturated carbocycles. The molecule has 4 rings (SSSR count). The van der Waals surface area contributed by atoms with Crippen molar-refractivity contribution in [2.75, 3.05) is 5.01 Å². The van der Waals surface area contributed by atoms with Crippen LogP contribution < -0.4 is 10.6 Å². The molecule has 0 unspecified atom stereocenters. The summed E-state index contributed by atoms with van der Waals surface area (Å²) in [7, 11) is 0. The number of benzene rings is 2. The Morgan fingerprint density at radius 1 is 1.04 bits per heavy atom. The molecule has 116 valence electrons. The van der Waals surface area contributed by atoms with Crippen molar-refractivity contribution in [3.63, 3.8) is 0 Å². The Hall–Kier alpha value is -2.62. The molecule has 0 bridgehead atoms.